The number of halogens is 2. The monoisotopic (exact) mass is 307 g/mol. The fraction of sp³-hybridized carbons (Fsp3) is 0.500. The summed E-state index contributed by atoms with van der Waals surface area (Å²) in [5, 5.41) is 4.91. The molecular weight excluding hydrogens is 298 g/mol. The molecule has 0 saturated heterocycles. The summed E-state index contributed by atoms with van der Waals surface area (Å²) >= 11 is 10.9. The SMILES string of the molecule is O=C(NC1CCCC1Cl)c1csc(Br)c1. The highest BCUT2D eigenvalue weighted by Gasteiger charge is 2.27. The van der Waals surface area contributed by atoms with Crippen molar-refractivity contribution in [1.29, 1.82) is 0 Å². The highest BCUT2D eigenvalue weighted by atomic mass is 79.9. The van der Waals surface area contributed by atoms with Crippen LogP contribution in [0.5, 0.6) is 0 Å². The minimum absolute atomic E-state index is 0.0190. The Morgan fingerprint density at radius 3 is 2.93 bits per heavy atom. The second-order valence-electron chi connectivity index (χ2n) is 3.67. The predicted octanol–water partition coefficient (Wildman–Crippen LogP) is 3.40. The molecule has 1 N–H and O–H groups in total. The Morgan fingerprint density at radius 1 is 1.60 bits per heavy atom. The molecule has 1 aromatic rings. The van der Waals surface area contributed by atoms with Crippen molar-refractivity contribution in [3.05, 3.63) is 20.8 Å². The lowest BCUT2D eigenvalue weighted by molar-refractivity contribution is 0.0939. The Morgan fingerprint density at radius 2 is 2.40 bits per heavy atom. The van der Waals surface area contributed by atoms with Gasteiger partial charge in [-0.15, -0.1) is 22.9 Å². The molecule has 1 fully saturated rings. The molecule has 82 valence electrons. The molecule has 2 unspecified atom stereocenters. The Kier molecular flexibility index (Phi) is 3.69. The molecule has 0 bridgehead atoms. The minimum Gasteiger partial charge on any atom is -0.348 e. The topological polar surface area (TPSA) is 29.1 Å². The molecular formula is C10H11BrClNOS. The first-order valence-electron chi connectivity index (χ1n) is 4.86. The quantitative estimate of drug-likeness (QED) is 0.834. The lowest BCUT2D eigenvalue weighted by Gasteiger charge is -2.14. The van der Waals surface area contributed by atoms with Gasteiger partial charge >= 0.3 is 0 Å². The van der Waals surface area contributed by atoms with E-state index in [1.165, 1.54) is 11.3 Å². The van der Waals surface area contributed by atoms with E-state index in [4.69, 9.17) is 11.6 Å². The van der Waals surface area contributed by atoms with Gasteiger partial charge in [0.05, 0.1) is 14.7 Å². The van der Waals surface area contributed by atoms with Gasteiger partial charge in [0.1, 0.15) is 0 Å². The second-order valence-corrected chi connectivity index (χ2v) is 6.52. The van der Waals surface area contributed by atoms with Crippen LogP contribution in [-0.4, -0.2) is 17.3 Å². The van der Waals surface area contributed by atoms with Crippen LogP contribution >= 0.6 is 38.9 Å². The highest BCUT2D eigenvalue weighted by molar-refractivity contribution is 9.11. The van der Waals surface area contributed by atoms with Gasteiger partial charge in [0, 0.05) is 11.4 Å². The maximum atomic E-state index is 11.8. The number of nitrogens with one attached hydrogen (secondary N) is 1. The van der Waals surface area contributed by atoms with Crippen LogP contribution in [-0.2, 0) is 0 Å². The smallest absolute Gasteiger partial charge is 0.252 e. The van der Waals surface area contributed by atoms with Crippen LogP contribution in [0.15, 0.2) is 15.2 Å². The molecule has 1 aromatic heterocycles. The molecule has 5 heteroatoms. The zero-order valence-corrected chi connectivity index (χ0v) is 11.2. The zero-order chi connectivity index (χ0) is 10.8. The fourth-order valence-electron chi connectivity index (χ4n) is 1.76. The van der Waals surface area contributed by atoms with Gasteiger partial charge in [-0.3, -0.25) is 4.79 Å². The molecule has 1 aliphatic carbocycles. The number of hydrogen-bond donors (Lipinski definition) is 1. The van der Waals surface area contributed by atoms with Crippen LogP contribution < -0.4 is 5.32 Å². The van der Waals surface area contributed by atoms with Gasteiger partial charge in [0.25, 0.3) is 5.91 Å². The summed E-state index contributed by atoms with van der Waals surface area (Å²) in [6.45, 7) is 0. The number of thiophene rings is 1. The van der Waals surface area contributed by atoms with Crippen molar-refractivity contribution in [3.8, 4) is 0 Å². The summed E-state index contributed by atoms with van der Waals surface area (Å²) in [5.41, 5.74) is 0.711. The molecule has 2 rings (SSSR count). The Labute approximate surface area is 106 Å². The van der Waals surface area contributed by atoms with Gasteiger partial charge in [-0.2, -0.15) is 0 Å². The van der Waals surface area contributed by atoms with Crippen molar-refractivity contribution >= 4 is 44.8 Å². The molecule has 1 aliphatic rings. The Hall–Kier alpha value is -0.0600. The molecule has 0 radical (unpaired) electrons. The molecule has 15 heavy (non-hydrogen) atoms. The Balaban J connectivity index is 1.97. The first-order valence-corrected chi connectivity index (χ1v) is 6.96. The molecule has 2 nitrogen and oxygen atoms in total. The predicted molar refractivity (Wildman–Crippen MR) is 66.8 cm³/mol. The van der Waals surface area contributed by atoms with Crippen molar-refractivity contribution in [2.24, 2.45) is 0 Å². The van der Waals surface area contributed by atoms with Crippen LogP contribution in [0, 0.1) is 0 Å². The van der Waals surface area contributed by atoms with E-state index in [0.717, 1.165) is 23.0 Å². The standard InChI is InChI=1S/C10H11BrClNOS/c11-9-4-6(5-15-9)10(14)13-8-3-1-2-7(8)12/h4-5,7-8H,1-3H2,(H,13,14). The van der Waals surface area contributed by atoms with Crippen LogP contribution in [0.2, 0.25) is 0 Å². The third-order valence-electron chi connectivity index (χ3n) is 2.58. The Bertz CT molecular complexity index is 368. The number of hydrogen-bond acceptors (Lipinski definition) is 2. The fourth-order valence-corrected chi connectivity index (χ4v) is 3.24. The summed E-state index contributed by atoms with van der Waals surface area (Å²) in [5.74, 6) is -0.0190. The van der Waals surface area contributed by atoms with E-state index in [1.807, 2.05) is 11.4 Å². The van der Waals surface area contributed by atoms with E-state index in [9.17, 15) is 4.79 Å². The lowest BCUT2D eigenvalue weighted by atomic mass is 10.2. The van der Waals surface area contributed by atoms with Crippen molar-refractivity contribution in [3.63, 3.8) is 0 Å². The van der Waals surface area contributed by atoms with Crippen LogP contribution in [0.25, 0.3) is 0 Å². The summed E-state index contributed by atoms with van der Waals surface area (Å²) in [4.78, 5) is 11.8. The van der Waals surface area contributed by atoms with Crippen LogP contribution in [0.1, 0.15) is 29.6 Å². The molecule has 1 heterocycles. The van der Waals surface area contributed by atoms with E-state index in [1.54, 1.807) is 0 Å². The second kappa shape index (κ2) is 4.85. The first-order chi connectivity index (χ1) is 7.16. The van der Waals surface area contributed by atoms with E-state index < -0.39 is 0 Å². The maximum absolute atomic E-state index is 11.8. The molecule has 0 aliphatic heterocycles. The average molecular weight is 309 g/mol. The normalized spacial score (nSPS) is 25.5. The summed E-state index contributed by atoms with van der Waals surface area (Å²) in [6, 6.07) is 1.97. The molecule has 0 spiro atoms. The van der Waals surface area contributed by atoms with Crippen molar-refractivity contribution in [2.75, 3.05) is 0 Å². The molecule has 0 aromatic carbocycles. The molecule has 2 atom stereocenters. The number of alkyl halides is 1. The third-order valence-corrected chi connectivity index (χ3v) is 4.60. The van der Waals surface area contributed by atoms with E-state index in [0.29, 0.717) is 5.56 Å². The van der Waals surface area contributed by atoms with Gasteiger partial charge in [0.2, 0.25) is 0 Å². The largest absolute Gasteiger partial charge is 0.348 e. The van der Waals surface area contributed by atoms with Gasteiger partial charge < -0.3 is 5.32 Å². The van der Waals surface area contributed by atoms with Gasteiger partial charge in [-0.25, -0.2) is 0 Å². The number of carbonyl (C=O) groups is 1. The zero-order valence-electron chi connectivity index (χ0n) is 8.00. The van der Waals surface area contributed by atoms with Crippen molar-refractivity contribution in [1.82, 2.24) is 5.32 Å². The summed E-state index contributed by atoms with van der Waals surface area (Å²) in [7, 11) is 0. The molecule has 1 saturated carbocycles. The van der Waals surface area contributed by atoms with E-state index >= 15 is 0 Å². The van der Waals surface area contributed by atoms with Crippen LogP contribution in [0.4, 0.5) is 0 Å². The lowest BCUT2D eigenvalue weighted by Crippen LogP contribution is -2.37. The van der Waals surface area contributed by atoms with Crippen molar-refractivity contribution < 1.29 is 4.79 Å². The van der Waals surface area contributed by atoms with E-state index in [2.05, 4.69) is 21.2 Å². The first kappa shape index (κ1) is 11.4. The number of rotatable bonds is 2. The number of amides is 1. The highest BCUT2D eigenvalue weighted by Crippen LogP contribution is 2.25. The number of carbonyl (C=O) groups excluding carboxylic acids is 1. The van der Waals surface area contributed by atoms with Gasteiger partial charge in [-0.1, -0.05) is 0 Å². The summed E-state index contributed by atoms with van der Waals surface area (Å²) in [6.07, 6.45) is 3.09. The maximum Gasteiger partial charge on any atom is 0.252 e. The minimum atomic E-state index is -0.0190. The molecule has 1 amide bonds. The van der Waals surface area contributed by atoms with Gasteiger partial charge in [0.15, 0.2) is 0 Å². The van der Waals surface area contributed by atoms with Crippen LogP contribution in [0.3, 0.4) is 0 Å². The van der Waals surface area contributed by atoms with Crippen molar-refractivity contribution in [2.45, 2.75) is 30.7 Å². The third kappa shape index (κ3) is 2.74. The average Bonchev–Trinajstić information content (AvgIpc) is 2.77. The van der Waals surface area contributed by atoms with Gasteiger partial charge in [-0.05, 0) is 41.3 Å². The summed E-state index contributed by atoms with van der Waals surface area (Å²) < 4.78 is 0.974. The van der Waals surface area contributed by atoms with E-state index in [-0.39, 0.29) is 17.3 Å².